The second-order valence-corrected chi connectivity index (χ2v) is 6.69. The Morgan fingerprint density at radius 1 is 1.20 bits per heavy atom. The van der Waals surface area contributed by atoms with Crippen LogP contribution in [0.5, 0.6) is 5.88 Å². The minimum Gasteiger partial charge on any atom is -0.481 e. The van der Waals surface area contributed by atoms with Gasteiger partial charge in [0.15, 0.2) is 5.69 Å². The summed E-state index contributed by atoms with van der Waals surface area (Å²) < 4.78 is 44.1. The van der Waals surface area contributed by atoms with Crippen molar-refractivity contribution in [3.05, 3.63) is 47.5 Å². The van der Waals surface area contributed by atoms with Gasteiger partial charge in [0.2, 0.25) is 5.88 Å². The molecular weight excluding hydrogens is 401 g/mol. The molecule has 0 fully saturated rings. The molecule has 3 aromatic heterocycles. The van der Waals surface area contributed by atoms with Crippen molar-refractivity contribution in [2.24, 2.45) is 12.8 Å². The van der Waals surface area contributed by atoms with Gasteiger partial charge in [-0.05, 0) is 31.4 Å². The highest BCUT2D eigenvalue weighted by molar-refractivity contribution is 5.91. The van der Waals surface area contributed by atoms with Gasteiger partial charge in [-0.25, -0.2) is 4.98 Å². The summed E-state index contributed by atoms with van der Waals surface area (Å²) in [6, 6.07) is 6.68. The number of methoxy groups -OCH3 is 1. The number of aryl methyl sites for hydroxylation is 3. The van der Waals surface area contributed by atoms with E-state index in [1.165, 1.54) is 25.6 Å². The molecular formula is C19H21F3N6O2. The van der Waals surface area contributed by atoms with Gasteiger partial charge in [0, 0.05) is 43.2 Å². The van der Waals surface area contributed by atoms with Crippen molar-refractivity contribution in [1.82, 2.24) is 24.5 Å². The fourth-order valence-electron chi connectivity index (χ4n) is 3.08. The normalized spacial score (nSPS) is 13.2. The van der Waals surface area contributed by atoms with Crippen LogP contribution in [0, 0.1) is 0 Å². The summed E-state index contributed by atoms with van der Waals surface area (Å²) in [6.07, 6.45) is 0.839. The number of carbonyl (C=O) groups is 1. The number of primary amides is 1. The van der Waals surface area contributed by atoms with Crippen LogP contribution in [0.2, 0.25) is 0 Å². The predicted octanol–water partition coefficient (Wildman–Crippen LogP) is 2.83. The van der Waals surface area contributed by atoms with Gasteiger partial charge >= 0.3 is 6.18 Å². The zero-order valence-electron chi connectivity index (χ0n) is 16.5. The fraction of sp³-hybridized carbons (Fsp3) is 0.368. The fourth-order valence-corrected chi connectivity index (χ4v) is 3.08. The highest BCUT2D eigenvalue weighted by atomic mass is 19.4. The number of aromatic nitrogens is 5. The molecule has 0 aliphatic carbocycles. The SMILES string of the molecule is COc1cc(-c2cc3n(n2)CCCC3)ccn1.Cn1nc(C(F)(F)F)cc1C(N)=O. The molecule has 8 nitrogen and oxygen atoms in total. The smallest absolute Gasteiger partial charge is 0.435 e. The first-order chi connectivity index (χ1) is 14.2. The lowest BCUT2D eigenvalue weighted by Gasteiger charge is -2.11. The first-order valence-electron chi connectivity index (χ1n) is 9.17. The molecule has 160 valence electrons. The van der Waals surface area contributed by atoms with Gasteiger partial charge in [-0.3, -0.25) is 14.2 Å². The molecule has 0 saturated carbocycles. The summed E-state index contributed by atoms with van der Waals surface area (Å²) in [6.45, 7) is 1.04. The average Bonchev–Trinajstić information content (AvgIpc) is 3.32. The zero-order chi connectivity index (χ0) is 21.9. The van der Waals surface area contributed by atoms with E-state index in [2.05, 4.69) is 25.9 Å². The maximum Gasteiger partial charge on any atom is 0.435 e. The first-order valence-corrected chi connectivity index (χ1v) is 9.17. The van der Waals surface area contributed by atoms with E-state index in [0.717, 1.165) is 28.9 Å². The zero-order valence-corrected chi connectivity index (χ0v) is 16.5. The number of amides is 1. The summed E-state index contributed by atoms with van der Waals surface area (Å²) in [5, 5.41) is 7.72. The van der Waals surface area contributed by atoms with Gasteiger partial charge in [0.1, 0.15) is 5.69 Å². The van der Waals surface area contributed by atoms with Gasteiger partial charge in [-0.2, -0.15) is 23.4 Å². The minimum atomic E-state index is -4.55. The Labute approximate surface area is 170 Å². The number of hydrogen-bond donors (Lipinski definition) is 1. The summed E-state index contributed by atoms with van der Waals surface area (Å²) in [5.41, 5.74) is 6.83. The lowest BCUT2D eigenvalue weighted by molar-refractivity contribution is -0.141. The van der Waals surface area contributed by atoms with Crippen LogP contribution >= 0.6 is 0 Å². The number of pyridine rings is 1. The van der Waals surface area contributed by atoms with E-state index in [0.29, 0.717) is 11.9 Å². The summed E-state index contributed by atoms with van der Waals surface area (Å²) >= 11 is 0. The number of halogens is 3. The van der Waals surface area contributed by atoms with Crippen LogP contribution in [0.3, 0.4) is 0 Å². The van der Waals surface area contributed by atoms with Gasteiger partial charge in [-0.15, -0.1) is 0 Å². The highest BCUT2D eigenvalue weighted by Crippen LogP contribution is 2.28. The van der Waals surface area contributed by atoms with Crippen molar-refractivity contribution in [2.45, 2.75) is 32.0 Å². The third-order valence-electron chi connectivity index (χ3n) is 4.58. The second kappa shape index (κ2) is 8.56. The third-order valence-corrected chi connectivity index (χ3v) is 4.58. The molecule has 4 rings (SSSR count). The Hall–Kier alpha value is -3.37. The van der Waals surface area contributed by atoms with Crippen LogP contribution in [0.1, 0.15) is 34.7 Å². The Bertz CT molecular complexity index is 1020. The van der Waals surface area contributed by atoms with E-state index in [-0.39, 0.29) is 5.69 Å². The van der Waals surface area contributed by atoms with Crippen LogP contribution in [0.4, 0.5) is 13.2 Å². The standard InChI is InChI=1S/C13H15N3O.C6H6F3N3O/c1-17-13-8-10(5-6-14-13)12-9-11-4-2-3-7-16(11)15-12;1-12-3(5(10)13)2-4(11-12)6(7,8)9/h5-6,8-9H,2-4,7H2,1H3;2H,1H3,(H2,10,13). The highest BCUT2D eigenvalue weighted by Gasteiger charge is 2.35. The summed E-state index contributed by atoms with van der Waals surface area (Å²) in [5.74, 6) is -0.307. The quantitative estimate of drug-likeness (QED) is 0.700. The van der Waals surface area contributed by atoms with Crippen molar-refractivity contribution in [3.8, 4) is 17.1 Å². The van der Waals surface area contributed by atoms with Crippen LogP contribution in [-0.4, -0.2) is 37.6 Å². The molecule has 2 N–H and O–H groups in total. The number of hydrogen-bond acceptors (Lipinski definition) is 5. The van der Waals surface area contributed by atoms with Crippen molar-refractivity contribution < 1.29 is 22.7 Å². The van der Waals surface area contributed by atoms with Gasteiger partial charge in [0.05, 0.1) is 12.8 Å². The van der Waals surface area contributed by atoms with E-state index in [9.17, 15) is 18.0 Å². The average molecular weight is 422 g/mol. The van der Waals surface area contributed by atoms with Crippen LogP contribution < -0.4 is 10.5 Å². The molecule has 3 aromatic rings. The van der Waals surface area contributed by atoms with E-state index < -0.39 is 17.8 Å². The molecule has 1 aliphatic rings. The number of ether oxygens (including phenoxy) is 1. The summed E-state index contributed by atoms with van der Waals surface area (Å²) in [4.78, 5) is 14.7. The van der Waals surface area contributed by atoms with Crippen molar-refractivity contribution in [3.63, 3.8) is 0 Å². The molecule has 30 heavy (non-hydrogen) atoms. The number of rotatable bonds is 3. The number of nitrogens with two attached hydrogens (primary N) is 1. The predicted molar refractivity (Wildman–Crippen MR) is 102 cm³/mol. The van der Waals surface area contributed by atoms with Gasteiger partial charge in [-0.1, -0.05) is 0 Å². The topological polar surface area (TPSA) is 101 Å². The molecule has 1 aliphatic heterocycles. The largest absolute Gasteiger partial charge is 0.481 e. The van der Waals surface area contributed by atoms with Gasteiger partial charge < -0.3 is 10.5 Å². The van der Waals surface area contributed by atoms with Crippen molar-refractivity contribution >= 4 is 5.91 Å². The molecule has 0 spiro atoms. The van der Waals surface area contributed by atoms with Crippen molar-refractivity contribution in [2.75, 3.05) is 7.11 Å². The third kappa shape index (κ3) is 4.78. The van der Waals surface area contributed by atoms with Crippen LogP contribution in [0.15, 0.2) is 30.5 Å². The minimum absolute atomic E-state index is 0.271. The molecule has 0 saturated heterocycles. The maximum atomic E-state index is 12.0. The Morgan fingerprint density at radius 3 is 2.53 bits per heavy atom. The summed E-state index contributed by atoms with van der Waals surface area (Å²) in [7, 11) is 2.85. The lowest BCUT2D eigenvalue weighted by atomic mass is 10.1. The van der Waals surface area contributed by atoms with Gasteiger partial charge in [0.25, 0.3) is 5.91 Å². The van der Waals surface area contributed by atoms with E-state index >= 15 is 0 Å². The van der Waals surface area contributed by atoms with Crippen LogP contribution in [-0.2, 0) is 26.2 Å². The van der Waals surface area contributed by atoms with Crippen molar-refractivity contribution in [1.29, 1.82) is 0 Å². The maximum absolute atomic E-state index is 12.0. The molecule has 11 heteroatoms. The molecule has 0 radical (unpaired) electrons. The van der Waals surface area contributed by atoms with E-state index in [1.807, 2.05) is 12.1 Å². The number of fused-ring (bicyclic) bond motifs is 1. The number of carbonyl (C=O) groups excluding carboxylic acids is 1. The lowest BCUT2D eigenvalue weighted by Crippen LogP contribution is -2.15. The number of alkyl halides is 3. The van der Waals surface area contributed by atoms with Crippen LogP contribution in [0.25, 0.3) is 11.3 Å². The Morgan fingerprint density at radius 2 is 1.97 bits per heavy atom. The molecule has 0 bridgehead atoms. The Balaban J connectivity index is 0.000000178. The Kier molecular flexibility index (Phi) is 6.09. The number of nitrogens with zero attached hydrogens (tertiary/aromatic N) is 5. The second-order valence-electron chi connectivity index (χ2n) is 6.69. The van der Waals surface area contributed by atoms with E-state index in [4.69, 9.17) is 10.5 Å². The molecule has 4 heterocycles. The molecule has 0 unspecified atom stereocenters. The molecule has 1 amide bonds. The van der Waals surface area contributed by atoms with E-state index in [1.54, 1.807) is 13.3 Å². The molecule has 0 aromatic carbocycles. The first kappa shape index (κ1) is 21.3. The molecule has 0 atom stereocenters. The monoisotopic (exact) mass is 422 g/mol.